The Kier molecular flexibility index (Phi) is 4.55. The summed E-state index contributed by atoms with van der Waals surface area (Å²) < 4.78 is 5.85. The molecule has 2 aliphatic rings. The Morgan fingerprint density at radius 3 is 2.48 bits per heavy atom. The minimum atomic E-state index is 0.826. The van der Waals surface area contributed by atoms with Crippen LogP contribution in [0.5, 0.6) is 0 Å². The van der Waals surface area contributed by atoms with Gasteiger partial charge in [-0.2, -0.15) is 0 Å². The lowest BCUT2D eigenvalue weighted by molar-refractivity contribution is 0.397. The van der Waals surface area contributed by atoms with E-state index in [4.69, 9.17) is 0 Å². The van der Waals surface area contributed by atoms with Gasteiger partial charge in [-0.25, -0.2) is 4.31 Å². The van der Waals surface area contributed by atoms with Gasteiger partial charge in [0, 0.05) is 44.0 Å². The second-order valence-electron chi connectivity index (χ2n) is 6.35. The molecule has 3 nitrogen and oxygen atoms in total. The van der Waals surface area contributed by atoms with Crippen LogP contribution in [0.2, 0.25) is 0 Å². The van der Waals surface area contributed by atoms with Gasteiger partial charge in [0.2, 0.25) is 0 Å². The first-order valence-electron chi connectivity index (χ1n) is 8.47. The number of rotatable bonds is 5. The lowest BCUT2D eigenvalue weighted by Crippen LogP contribution is -2.40. The first-order valence-corrected chi connectivity index (χ1v) is 9.25. The fourth-order valence-corrected chi connectivity index (χ4v) is 3.71. The third-order valence-corrected chi connectivity index (χ3v) is 5.47. The fraction of sp³-hybridized carbons (Fsp3) is 0.368. The Morgan fingerprint density at radius 1 is 0.957 bits per heavy atom. The zero-order chi connectivity index (χ0) is 15.5. The van der Waals surface area contributed by atoms with Crippen LogP contribution in [-0.2, 0) is 0 Å². The van der Waals surface area contributed by atoms with Crippen LogP contribution in [0.15, 0.2) is 48.5 Å². The number of hydrogen-bond donors (Lipinski definition) is 2. The van der Waals surface area contributed by atoms with Crippen molar-refractivity contribution in [2.45, 2.75) is 18.8 Å². The number of nitrogens with one attached hydrogen (secondary N) is 2. The lowest BCUT2D eigenvalue weighted by atomic mass is 10.0. The molecular weight excluding hydrogens is 302 g/mol. The van der Waals surface area contributed by atoms with E-state index >= 15 is 0 Å². The van der Waals surface area contributed by atoms with Gasteiger partial charge in [-0.05, 0) is 47.6 Å². The Hall–Kier alpha value is -1.49. The standard InChI is InChI=1S/C19H23N3S/c1-2-18(17-8-6-16(7-9-17)15-4-5-15)14-19(3-1)21-23-22-12-10-20-11-13-22/h1-3,6-9,14-15,20-21H,4-5,10-13H2. The Bertz CT molecular complexity index is 646. The predicted molar refractivity (Wildman–Crippen MR) is 99.5 cm³/mol. The average molecular weight is 325 g/mol. The highest BCUT2D eigenvalue weighted by molar-refractivity contribution is 7.98. The van der Waals surface area contributed by atoms with Crippen LogP contribution < -0.4 is 10.0 Å². The molecule has 1 saturated carbocycles. The van der Waals surface area contributed by atoms with E-state index in [0.717, 1.165) is 37.8 Å². The van der Waals surface area contributed by atoms with Gasteiger partial charge in [0.25, 0.3) is 0 Å². The van der Waals surface area contributed by atoms with Crippen LogP contribution in [0, 0.1) is 0 Å². The van der Waals surface area contributed by atoms with Gasteiger partial charge in [0.15, 0.2) is 0 Å². The van der Waals surface area contributed by atoms with E-state index in [-0.39, 0.29) is 0 Å². The molecule has 2 fully saturated rings. The Labute approximate surface area is 142 Å². The zero-order valence-corrected chi connectivity index (χ0v) is 14.1. The first-order chi connectivity index (χ1) is 11.4. The SMILES string of the molecule is c1cc(NSN2CCNCC2)cc(-c2ccc(C3CC3)cc2)c1. The second kappa shape index (κ2) is 6.95. The summed E-state index contributed by atoms with van der Waals surface area (Å²) in [5.41, 5.74) is 5.23. The molecule has 1 heterocycles. The van der Waals surface area contributed by atoms with Gasteiger partial charge in [0.05, 0.1) is 0 Å². The predicted octanol–water partition coefficient (Wildman–Crippen LogP) is 4.11. The molecule has 1 saturated heterocycles. The summed E-state index contributed by atoms with van der Waals surface area (Å²) in [5.74, 6) is 0.826. The van der Waals surface area contributed by atoms with Crippen molar-refractivity contribution >= 4 is 17.8 Å². The zero-order valence-electron chi connectivity index (χ0n) is 13.3. The molecule has 0 spiro atoms. The summed E-state index contributed by atoms with van der Waals surface area (Å²) in [7, 11) is 0. The highest BCUT2D eigenvalue weighted by Crippen LogP contribution is 2.40. The van der Waals surface area contributed by atoms with E-state index in [1.54, 1.807) is 12.1 Å². The number of nitrogens with zero attached hydrogens (tertiary/aromatic N) is 1. The van der Waals surface area contributed by atoms with Gasteiger partial charge < -0.3 is 10.0 Å². The first kappa shape index (κ1) is 15.1. The van der Waals surface area contributed by atoms with Crippen molar-refractivity contribution in [3.05, 3.63) is 54.1 Å². The maximum atomic E-state index is 3.48. The van der Waals surface area contributed by atoms with E-state index < -0.39 is 0 Å². The summed E-state index contributed by atoms with van der Waals surface area (Å²) in [6.07, 6.45) is 2.73. The molecule has 0 aromatic heterocycles. The highest BCUT2D eigenvalue weighted by Gasteiger charge is 2.22. The highest BCUT2D eigenvalue weighted by atomic mass is 32.2. The van der Waals surface area contributed by atoms with Crippen molar-refractivity contribution in [1.82, 2.24) is 9.62 Å². The summed E-state index contributed by atoms with van der Waals surface area (Å²) in [6, 6.07) is 17.8. The third kappa shape index (κ3) is 3.89. The molecule has 23 heavy (non-hydrogen) atoms. The Balaban J connectivity index is 1.42. The third-order valence-electron chi connectivity index (χ3n) is 4.52. The van der Waals surface area contributed by atoms with E-state index in [1.807, 2.05) is 0 Å². The van der Waals surface area contributed by atoms with Crippen LogP contribution in [0.1, 0.15) is 24.3 Å². The average Bonchev–Trinajstić information content (AvgIpc) is 3.47. The molecule has 0 radical (unpaired) electrons. The molecular formula is C19H23N3S. The van der Waals surface area contributed by atoms with Crippen molar-refractivity contribution in [2.75, 3.05) is 30.9 Å². The van der Waals surface area contributed by atoms with Gasteiger partial charge in [-0.1, -0.05) is 36.4 Å². The van der Waals surface area contributed by atoms with Crippen LogP contribution in [-0.4, -0.2) is 30.5 Å². The molecule has 4 rings (SSSR count). The fourth-order valence-electron chi connectivity index (χ4n) is 2.98. The maximum absolute atomic E-state index is 3.48. The van der Waals surface area contributed by atoms with Crippen molar-refractivity contribution in [2.24, 2.45) is 0 Å². The second-order valence-corrected chi connectivity index (χ2v) is 7.25. The van der Waals surface area contributed by atoms with Gasteiger partial charge in [0.1, 0.15) is 0 Å². The molecule has 1 aliphatic heterocycles. The minimum Gasteiger partial charge on any atom is -0.317 e. The molecule has 4 heteroatoms. The van der Waals surface area contributed by atoms with E-state index in [1.165, 1.54) is 29.5 Å². The van der Waals surface area contributed by atoms with Gasteiger partial charge in [-0.15, -0.1) is 0 Å². The van der Waals surface area contributed by atoms with E-state index in [2.05, 4.69) is 62.9 Å². The summed E-state index contributed by atoms with van der Waals surface area (Å²) in [4.78, 5) is 0. The molecule has 0 unspecified atom stereocenters. The number of anilines is 1. The summed E-state index contributed by atoms with van der Waals surface area (Å²) >= 11 is 1.71. The molecule has 2 aromatic rings. The molecule has 0 atom stereocenters. The smallest absolute Gasteiger partial charge is 0.0458 e. The molecule has 1 aliphatic carbocycles. The lowest BCUT2D eigenvalue weighted by Gasteiger charge is -2.25. The van der Waals surface area contributed by atoms with Crippen molar-refractivity contribution < 1.29 is 0 Å². The van der Waals surface area contributed by atoms with E-state index in [0.29, 0.717) is 0 Å². The normalized spacial score (nSPS) is 18.8. The minimum absolute atomic E-state index is 0.826. The topological polar surface area (TPSA) is 27.3 Å². The van der Waals surface area contributed by atoms with Crippen molar-refractivity contribution in [1.29, 1.82) is 0 Å². The maximum Gasteiger partial charge on any atom is 0.0458 e. The number of hydrogen-bond acceptors (Lipinski definition) is 4. The summed E-state index contributed by atoms with van der Waals surface area (Å²) in [5, 5.41) is 3.38. The molecule has 0 bridgehead atoms. The molecule has 2 N–H and O–H groups in total. The van der Waals surface area contributed by atoms with Crippen LogP contribution in [0.25, 0.3) is 11.1 Å². The Morgan fingerprint density at radius 2 is 1.74 bits per heavy atom. The van der Waals surface area contributed by atoms with Crippen LogP contribution >= 0.6 is 12.1 Å². The number of benzene rings is 2. The van der Waals surface area contributed by atoms with Crippen LogP contribution in [0.3, 0.4) is 0 Å². The van der Waals surface area contributed by atoms with Gasteiger partial charge in [-0.3, -0.25) is 0 Å². The monoisotopic (exact) mass is 325 g/mol. The number of piperazine rings is 1. The largest absolute Gasteiger partial charge is 0.317 e. The van der Waals surface area contributed by atoms with Crippen molar-refractivity contribution in [3.63, 3.8) is 0 Å². The molecule has 2 aromatic carbocycles. The molecule has 0 amide bonds. The van der Waals surface area contributed by atoms with Gasteiger partial charge >= 0.3 is 0 Å². The molecule has 120 valence electrons. The van der Waals surface area contributed by atoms with E-state index in [9.17, 15) is 0 Å². The quantitative estimate of drug-likeness (QED) is 0.809. The van der Waals surface area contributed by atoms with Crippen molar-refractivity contribution in [3.8, 4) is 11.1 Å². The summed E-state index contributed by atoms with van der Waals surface area (Å²) in [6.45, 7) is 4.31. The van der Waals surface area contributed by atoms with Crippen LogP contribution in [0.4, 0.5) is 5.69 Å².